The van der Waals surface area contributed by atoms with E-state index >= 15 is 0 Å². The van der Waals surface area contributed by atoms with Crippen molar-refractivity contribution in [2.24, 2.45) is 5.92 Å². The zero-order valence-electron chi connectivity index (χ0n) is 9.95. The third-order valence-corrected chi connectivity index (χ3v) is 3.31. The highest BCUT2D eigenvalue weighted by atomic mass is 19.4. The fraction of sp³-hybridized carbons (Fsp3) is 1.00. The molecule has 0 N–H and O–H groups in total. The van der Waals surface area contributed by atoms with Gasteiger partial charge in [0.2, 0.25) is 5.67 Å². The quantitative estimate of drug-likeness (QED) is 0.553. The van der Waals surface area contributed by atoms with E-state index in [9.17, 15) is 35.1 Å². The summed E-state index contributed by atoms with van der Waals surface area (Å²) in [6.07, 6.45) is -13.9. The number of piperidine rings is 1. The molecule has 1 rings (SSSR count). The SMILES string of the molecule is CC(F)(C(F)N1CCC(C(F)(F)F)CC1)C(F)(F)F. The van der Waals surface area contributed by atoms with E-state index in [2.05, 4.69) is 0 Å². The first-order valence-corrected chi connectivity index (χ1v) is 5.58. The van der Waals surface area contributed by atoms with Crippen LogP contribution in [0.4, 0.5) is 35.1 Å². The largest absolute Gasteiger partial charge is 0.426 e. The van der Waals surface area contributed by atoms with Crippen molar-refractivity contribution in [1.82, 2.24) is 4.90 Å². The molecule has 9 heteroatoms. The number of halogens is 8. The number of likely N-dealkylation sites (tertiary alicyclic amines) is 1. The predicted molar refractivity (Wildman–Crippen MR) is 50.8 cm³/mol. The van der Waals surface area contributed by atoms with Gasteiger partial charge in [0.15, 0.2) is 6.30 Å². The maximum Gasteiger partial charge on any atom is 0.426 e. The van der Waals surface area contributed by atoms with Crippen molar-refractivity contribution in [2.75, 3.05) is 13.1 Å². The average Bonchev–Trinajstić information content (AvgIpc) is 2.25. The molecule has 19 heavy (non-hydrogen) atoms. The molecule has 1 fully saturated rings. The summed E-state index contributed by atoms with van der Waals surface area (Å²) in [5.41, 5.74) is -4.10. The molecule has 0 aliphatic carbocycles. The molecule has 114 valence electrons. The first kappa shape index (κ1) is 16.5. The lowest BCUT2D eigenvalue weighted by Crippen LogP contribution is -2.56. The van der Waals surface area contributed by atoms with Crippen LogP contribution in [0.2, 0.25) is 0 Å². The Morgan fingerprint density at radius 2 is 1.37 bits per heavy atom. The molecule has 0 bridgehead atoms. The van der Waals surface area contributed by atoms with Crippen LogP contribution in [-0.2, 0) is 0 Å². The molecule has 1 aliphatic heterocycles. The lowest BCUT2D eigenvalue weighted by Gasteiger charge is -2.39. The standard InChI is InChI=1S/C10H13F8N/c1-8(12,10(16,17)18)7(11)19-4-2-6(3-5-19)9(13,14)15/h6-7H,2-5H2,1H3. The first-order chi connectivity index (χ1) is 8.37. The third kappa shape index (κ3) is 3.49. The summed E-state index contributed by atoms with van der Waals surface area (Å²) in [4.78, 5) is 0.468. The van der Waals surface area contributed by atoms with Gasteiger partial charge < -0.3 is 0 Å². The van der Waals surface area contributed by atoms with E-state index in [1.807, 2.05) is 0 Å². The van der Waals surface area contributed by atoms with E-state index in [-0.39, 0.29) is 6.92 Å². The summed E-state index contributed by atoms with van der Waals surface area (Å²) >= 11 is 0. The number of nitrogens with zero attached hydrogens (tertiary/aromatic N) is 1. The molecule has 0 spiro atoms. The highest BCUT2D eigenvalue weighted by molar-refractivity contribution is 4.92. The number of hydrogen-bond acceptors (Lipinski definition) is 1. The second-order valence-corrected chi connectivity index (χ2v) is 4.76. The molecule has 0 aromatic rings. The van der Waals surface area contributed by atoms with Crippen LogP contribution in [-0.4, -0.2) is 42.3 Å². The fourth-order valence-corrected chi connectivity index (χ4v) is 1.93. The van der Waals surface area contributed by atoms with E-state index < -0.39 is 56.2 Å². The van der Waals surface area contributed by atoms with Gasteiger partial charge in [0.05, 0.1) is 5.92 Å². The maximum atomic E-state index is 13.5. The van der Waals surface area contributed by atoms with Gasteiger partial charge >= 0.3 is 12.4 Å². The smallest absolute Gasteiger partial charge is 0.271 e. The molecule has 0 aromatic heterocycles. The number of alkyl halides is 8. The second-order valence-electron chi connectivity index (χ2n) is 4.76. The minimum Gasteiger partial charge on any atom is -0.271 e. The van der Waals surface area contributed by atoms with Crippen molar-refractivity contribution in [3.63, 3.8) is 0 Å². The molecule has 1 nitrogen and oxygen atoms in total. The van der Waals surface area contributed by atoms with Gasteiger partial charge in [0.1, 0.15) is 0 Å². The summed E-state index contributed by atoms with van der Waals surface area (Å²) in [5, 5.41) is 0. The molecule has 2 atom stereocenters. The summed E-state index contributed by atoms with van der Waals surface area (Å²) in [6.45, 7) is -1.06. The summed E-state index contributed by atoms with van der Waals surface area (Å²) < 4.78 is 101. The van der Waals surface area contributed by atoms with Crippen molar-refractivity contribution in [1.29, 1.82) is 0 Å². The number of hydrogen-bond donors (Lipinski definition) is 0. The Balaban J connectivity index is 2.66. The molecule has 0 saturated carbocycles. The molecule has 0 radical (unpaired) electrons. The van der Waals surface area contributed by atoms with Crippen molar-refractivity contribution < 1.29 is 35.1 Å². The van der Waals surface area contributed by atoms with Gasteiger partial charge in [-0.3, -0.25) is 4.90 Å². The summed E-state index contributed by atoms with van der Waals surface area (Å²) in [6, 6.07) is 0. The monoisotopic (exact) mass is 299 g/mol. The van der Waals surface area contributed by atoms with Gasteiger partial charge in [-0.15, -0.1) is 0 Å². The van der Waals surface area contributed by atoms with Gasteiger partial charge in [-0.05, 0) is 19.8 Å². The normalized spacial score (nSPS) is 25.1. The molecular weight excluding hydrogens is 286 g/mol. The van der Waals surface area contributed by atoms with Crippen LogP contribution in [0.5, 0.6) is 0 Å². The van der Waals surface area contributed by atoms with Crippen molar-refractivity contribution in [3.05, 3.63) is 0 Å². The Kier molecular flexibility index (Phi) is 4.39. The minimum absolute atomic E-state index is 0.0491. The average molecular weight is 299 g/mol. The van der Waals surface area contributed by atoms with Gasteiger partial charge in [-0.25, -0.2) is 8.78 Å². The van der Waals surface area contributed by atoms with Crippen molar-refractivity contribution >= 4 is 0 Å². The van der Waals surface area contributed by atoms with E-state index in [1.165, 1.54) is 0 Å². The van der Waals surface area contributed by atoms with E-state index in [0.717, 1.165) is 0 Å². The van der Waals surface area contributed by atoms with E-state index in [4.69, 9.17) is 0 Å². The summed E-state index contributed by atoms with van der Waals surface area (Å²) in [7, 11) is 0. The van der Waals surface area contributed by atoms with Crippen LogP contribution >= 0.6 is 0 Å². The topological polar surface area (TPSA) is 3.24 Å². The molecule has 1 aliphatic rings. The fourth-order valence-electron chi connectivity index (χ4n) is 1.93. The first-order valence-electron chi connectivity index (χ1n) is 5.58. The Hall–Kier alpha value is -0.600. The predicted octanol–water partition coefficient (Wildman–Crippen LogP) is 3.85. The van der Waals surface area contributed by atoms with Crippen LogP contribution in [0.1, 0.15) is 19.8 Å². The Morgan fingerprint density at radius 3 is 1.68 bits per heavy atom. The highest BCUT2D eigenvalue weighted by Crippen LogP contribution is 2.41. The van der Waals surface area contributed by atoms with E-state index in [0.29, 0.717) is 4.90 Å². The van der Waals surface area contributed by atoms with Gasteiger partial charge in [-0.1, -0.05) is 0 Å². The number of rotatable bonds is 2. The Morgan fingerprint density at radius 1 is 0.947 bits per heavy atom. The van der Waals surface area contributed by atoms with Gasteiger partial charge in [0, 0.05) is 13.1 Å². The molecule has 0 amide bonds. The molecule has 1 heterocycles. The lowest BCUT2D eigenvalue weighted by molar-refractivity contribution is -0.265. The molecule has 2 unspecified atom stereocenters. The zero-order chi connectivity index (χ0) is 15.1. The second kappa shape index (κ2) is 5.06. The van der Waals surface area contributed by atoms with Crippen molar-refractivity contribution in [2.45, 2.75) is 44.1 Å². The van der Waals surface area contributed by atoms with Crippen LogP contribution in [0, 0.1) is 5.92 Å². The van der Waals surface area contributed by atoms with Crippen LogP contribution in [0.3, 0.4) is 0 Å². The van der Waals surface area contributed by atoms with Crippen molar-refractivity contribution in [3.8, 4) is 0 Å². The molecular formula is C10H13F8N. The van der Waals surface area contributed by atoms with Gasteiger partial charge in [0.25, 0.3) is 0 Å². The summed E-state index contributed by atoms with van der Waals surface area (Å²) in [5.74, 6) is -1.67. The Labute approximate surface area is 104 Å². The van der Waals surface area contributed by atoms with Crippen LogP contribution in [0.15, 0.2) is 0 Å². The molecule has 0 aromatic carbocycles. The lowest BCUT2D eigenvalue weighted by atomic mass is 9.94. The zero-order valence-corrected chi connectivity index (χ0v) is 9.95. The molecule has 1 saturated heterocycles. The maximum absolute atomic E-state index is 13.5. The Bertz CT molecular complexity index is 300. The van der Waals surface area contributed by atoms with Gasteiger partial charge in [-0.2, -0.15) is 26.3 Å². The van der Waals surface area contributed by atoms with Crippen LogP contribution in [0.25, 0.3) is 0 Å². The minimum atomic E-state index is -5.41. The van der Waals surface area contributed by atoms with Crippen LogP contribution < -0.4 is 0 Å². The highest BCUT2D eigenvalue weighted by Gasteiger charge is 2.60. The van der Waals surface area contributed by atoms with E-state index in [1.54, 1.807) is 0 Å². The third-order valence-electron chi connectivity index (χ3n) is 3.31.